The Morgan fingerprint density at radius 2 is 1.59 bits per heavy atom. The second-order valence-corrected chi connectivity index (χ2v) is 13.4. The lowest BCUT2D eigenvalue weighted by atomic mass is 9.76. The molecule has 0 aromatic heterocycles. The summed E-state index contributed by atoms with van der Waals surface area (Å²) in [5, 5.41) is 10.1. The number of carbonyl (C=O) groups is 2. The lowest BCUT2D eigenvalue weighted by Gasteiger charge is -2.29. The Bertz CT molecular complexity index is 1260. The largest absolute Gasteiger partial charge is 0.462 e. The van der Waals surface area contributed by atoms with Crippen molar-refractivity contribution in [2.24, 2.45) is 11.8 Å². The first kappa shape index (κ1) is 35.3. The van der Waals surface area contributed by atoms with Crippen LogP contribution in [0.2, 0.25) is 0 Å². The molecule has 1 aliphatic rings. The number of esters is 2. The molecule has 44 heavy (non-hydrogen) atoms. The summed E-state index contributed by atoms with van der Waals surface area (Å²) in [6.07, 6.45) is 12.2. The van der Waals surface area contributed by atoms with Gasteiger partial charge in [0.2, 0.25) is 0 Å². The Kier molecular flexibility index (Phi) is 13.5. The lowest BCUT2D eigenvalue weighted by Crippen LogP contribution is -2.30. The first-order valence-corrected chi connectivity index (χ1v) is 16.5. The molecule has 240 valence electrons. The van der Waals surface area contributed by atoms with Crippen LogP contribution in [0.15, 0.2) is 66.8 Å². The van der Waals surface area contributed by atoms with E-state index in [9.17, 15) is 14.7 Å². The van der Waals surface area contributed by atoms with Gasteiger partial charge in [0.25, 0.3) is 0 Å². The average Bonchev–Trinajstić information content (AvgIpc) is 3.00. The van der Waals surface area contributed by atoms with Crippen molar-refractivity contribution in [2.75, 3.05) is 13.2 Å². The second-order valence-electron chi connectivity index (χ2n) is 13.4. The van der Waals surface area contributed by atoms with Crippen LogP contribution in [0.4, 0.5) is 0 Å². The zero-order valence-corrected chi connectivity index (χ0v) is 27.8. The van der Waals surface area contributed by atoms with Crippen LogP contribution in [0.25, 0.3) is 11.1 Å². The Labute approximate surface area is 265 Å². The molecule has 2 aromatic carbocycles. The minimum atomic E-state index is -1.37. The van der Waals surface area contributed by atoms with Crippen LogP contribution in [0, 0.1) is 18.8 Å². The third kappa shape index (κ3) is 10.8. The maximum absolute atomic E-state index is 12.4. The summed E-state index contributed by atoms with van der Waals surface area (Å²) < 4.78 is 10.8. The van der Waals surface area contributed by atoms with Gasteiger partial charge < -0.3 is 14.6 Å². The normalized spacial score (nSPS) is 17.5. The molecule has 1 aliphatic carbocycles. The molecule has 0 saturated heterocycles. The van der Waals surface area contributed by atoms with Crippen LogP contribution in [0.5, 0.6) is 0 Å². The van der Waals surface area contributed by atoms with Crippen molar-refractivity contribution < 1.29 is 24.2 Å². The summed E-state index contributed by atoms with van der Waals surface area (Å²) >= 11 is 0. The van der Waals surface area contributed by atoms with Gasteiger partial charge in [-0.1, -0.05) is 88.2 Å². The molecule has 0 radical (unpaired) electrons. The highest BCUT2D eigenvalue weighted by Crippen LogP contribution is 2.39. The maximum atomic E-state index is 12.4. The number of aryl methyl sites for hydroxylation is 2. The maximum Gasteiger partial charge on any atom is 0.336 e. The number of unbranched alkanes of at least 4 members (excludes halogenated alkanes) is 2. The molecule has 5 nitrogen and oxygen atoms in total. The number of ether oxygens (including phenoxy) is 2. The van der Waals surface area contributed by atoms with Gasteiger partial charge in [0.15, 0.2) is 0 Å². The third-order valence-corrected chi connectivity index (χ3v) is 9.12. The molecule has 1 atom stereocenters. The third-order valence-electron chi connectivity index (χ3n) is 9.12. The van der Waals surface area contributed by atoms with Gasteiger partial charge in [0.05, 0.1) is 24.4 Å². The summed E-state index contributed by atoms with van der Waals surface area (Å²) in [6.45, 7) is 16.5. The van der Waals surface area contributed by atoms with E-state index in [1.165, 1.54) is 87.5 Å². The molecule has 0 amide bonds. The lowest BCUT2D eigenvalue weighted by molar-refractivity contribution is -0.145. The van der Waals surface area contributed by atoms with E-state index in [2.05, 4.69) is 69.5 Å². The summed E-state index contributed by atoms with van der Waals surface area (Å²) in [7, 11) is 0. The van der Waals surface area contributed by atoms with Crippen LogP contribution < -0.4 is 0 Å². The van der Waals surface area contributed by atoms with E-state index in [4.69, 9.17) is 9.47 Å². The molecule has 0 spiro atoms. The quantitative estimate of drug-likeness (QED) is 0.118. The average molecular weight is 603 g/mol. The monoisotopic (exact) mass is 602 g/mol. The van der Waals surface area contributed by atoms with Crippen molar-refractivity contribution in [3.8, 4) is 11.1 Å². The van der Waals surface area contributed by atoms with Gasteiger partial charge in [-0.15, -0.1) is 0 Å². The van der Waals surface area contributed by atoms with Crippen LogP contribution in [-0.4, -0.2) is 35.9 Å². The molecule has 1 N–H and O–H groups in total. The molecule has 0 heterocycles. The van der Waals surface area contributed by atoms with Gasteiger partial charge in [-0.2, -0.15) is 0 Å². The fraction of sp³-hybridized carbons (Fsp3) is 0.538. The SMILES string of the molecule is C=C(C)C(=O)OCC(CCc1ccc(-c2ccc(C3CCC(CCCCC)CC3)cc2C)cc1)COC(=O)C(=C)C(C)(C)O. The number of hydrogen-bond donors (Lipinski definition) is 1. The minimum absolute atomic E-state index is 0.0146. The van der Waals surface area contributed by atoms with E-state index in [0.29, 0.717) is 17.9 Å². The first-order valence-electron chi connectivity index (χ1n) is 16.5. The van der Waals surface area contributed by atoms with Crippen LogP contribution in [0.3, 0.4) is 0 Å². The summed E-state index contributed by atoms with van der Waals surface area (Å²) in [5.74, 6) is 0.269. The number of benzene rings is 2. The van der Waals surface area contributed by atoms with E-state index in [1.807, 2.05) is 0 Å². The molecule has 0 bridgehead atoms. The Morgan fingerprint density at radius 3 is 2.16 bits per heavy atom. The van der Waals surface area contributed by atoms with Crippen molar-refractivity contribution >= 4 is 11.9 Å². The molecular weight excluding hydrogens is 548 g/mol. The highest BCUT2D eigenvalue weighted by Gasteiger charge is 2.26. The standard InChI is InChI=1S/C39H54O5/c1-8-9-10-11-30-14-18-33(19-15-30)35-22-23-36(28(4)24-35)34-20-16-31(17-21-34)12-13-32(25-43-37(40)27(2)3)26-44-38(41)29(5)39(6,7)42/h16-17,20-24,30,32-33,42H,2,5,8-15,18-19,25-26H2,1,3-4,6-7H3. The van der Waals surface area contributed by atoms with Gasteiger partial charge in [-0.05, 0) is 106 Å². The Hall–Kier alpha value is -3.18. The molecular formula is C39H54O5. The van der Waals surface area contributed by atoms with Crippen LogP contribution in [0.1, 0.15) is 108 Å². The highest BCUT2D eigenvalue weighted by atomic mass is 16.5. The molecule has 5 heteroatoms. The van der Waals surface area contributed by atoms with Crippen molar-refractivity contribution in [2.45, 2.75) is 110 Å². The minimum Gasteiger partial charge on any atom is -0.462 e. The first-order chi connectivity index (χ1) is 20.9. The highest BCUT2D eigenvalue weighted by molar-refractivity contribution is 5.89. The van der Waals surface area contributed by atoms with Gasteiger partial charge >= 0.3 is 11.9 Å². The Morgan fingerprint density at radius 1 is 0.955 bits per heavy atom. The summed E-state index contributed by atoms with van der Waals surface area (Å²) in [5.41, 5.74) is 5.35. The number of rotatable bonds is 16. The number of hydrogen-bond acceptors (Lipinski definition) is 5. The fourth-order valence-corrected chi connectivity index (χ4v) is 6.02. The number of carbonyl (C=O) groups excluding carboxylic acids is 2. The van der Waals surface area contributed by atoms with Gasteiger partial charge in [0, 0.05) is 11.5 Å². The van der Waals surface area contributed by atoms with E-state index >= 15 is 0 Å². The van der Waals surface area contributed by atoms with Crippen molar-refractivity contribution in [1.82, 2.24) is 0 Å². The molecule has 3 rings (SSSR count). The summed E-state index contributed by atoms with van der Waals surface area (Å²) in [6, 6.07) is 15.6. The molecule has 1 unspecified atom stereocenters. The van der Waals surface area contributed by atoms with Crippen LogP contribution >= 0.6 is 0 Å². The predicted molar refractivity (Wildman–Crippen MR) is 179 cm³/mol. The van der Waals surface area contributed by atoms with E-state index in [0.717, 1.165) is 17.9 Å². The smallest absolute Gasteiger partial charge is 0.336 e. The molecule has 1 saturated carbocycles. The van der Waals surface area contributed by atoms with E-state index < -0.39 is 17.5 Å². The molecule has 0 aliphatic heterocycles. The van der Waals surface area contributed by atoms with Gasteiger partial charge in [-0.3, -0.25) is 0 Å². The zero-order valence-electron chi connectivity index (χ0n) is 27.8. The number of aliphatic hydroxyl groups is 1. The fourth-order valence-electron chi connectivity index (χ4n) is 6.02. The van der Waals surface area contributed by atoms with Crippen molar-refractivity contribution in [3.63, 3.8) is 0 Å². The molecule has 1 fully saturated rings. The topological polar surface area (TPSA) is 72.8 Å². The van der Waals surface area contributed by atoms with Crippen molar-refractivity contribution in [1.29, 1.82) is 0 Å². The van der Waals surface area contributed by atoms with E-state index in [-0.39, 0.29) is 24.7 Å². The van der Waals surface area contributed by atoms with Crippen LogP contribution in [-0.2, 0) is 25.5 Å². The molecule has 2 aromatic rings. The Balaban J connectivity index is 1.58. The van der Waals surface area contributed by atoms with E-state index in [1.54, 1.807) is 6.92 Å². The van der Waals surface area contributed by atoms with Gasteiger partial charge in [0.1, 0.15) is 0 Å². The van der Waals surface area contributed by atoms with Crippen molar-refractivity contribution in [3.05, 3.63) is 83.5 Å². The zero-order chi connectivity index (χ0) is 32.3. The predicted octanol–water partition coefficient (Wildman–Crippen LogP) is 9.05. The summed E-state index contributed by atoms with van der Waals surface area (Å²) in [4.78, 5) is 24.4. The van der Waals surface area contributed by atoms with Gasteiger partial charge in [-0.25, -0.2) is 9.59 Å². The second kappa shape index (κ2) is 16.8.